The quantitative estimate of drug-likeness (QED) is 0.831. The van der Waals surface area contributed by atoms with Crippen molar-refractivity contribution in [2.24, 2.45) is 5.41 Å². The van der Waals surface area contributed by atoms with Crippen LogP contribution < -0.4 is 5.32 Å². The van der Waals surface area contributed by atoms with Gasteiger partial charge in [-0.15, -0.1) is 0 Å². The second-order valence-electron chi connectivity index (χ2n) is 7.65. The van der Waals surface area contributed by atoms with Crippen LogP contribution in [0.25, 0.3) is 5.69 Å². The van der Waals surface area contributed by atoms with Crippen molar-refractivity contribution in [3.8, 4) is 5.69 Å². The lowest BCUT2D eigenvalue weighted by atomic mass is 9.71. The van der Waals surface area contributed by atoms with E-state index >= 15 is 0 Å². The van der Waals surface area contributed by atoms with Crippen LogP contribution in [0, 0.1) is 11.2 Å². The smallest absolute Gasteiger partial charge is 0.317 e. The van der Waals surface area contributed by atoms with E-state index in [1.807, 2.05) is 11.0 Å². The van der Waals surface area contributed by atoms with Crippen LogP contribution in [-0.2, 0) is 6.54 Å². The predicted molar refractivity (Wildman–Crippen MR) is 102 cm³/mol. The number of allylic oxidation sites excluding steroid dienone is 2. The van der Waals surface area contributed by atoms with Crippen LogP contribution in [0.5, 0.6) is 0 Å². The maximum Gasteiger partial charge on any atom is 0.317 e. The summed E-state index contributed by atoms with van der Waals surface area (Å²) in [7, 11) is 0. The van der Waals surface area contributed by atoms with E-state index in [1.54, 1.807) is 29.4 Å². The van der Waals surface area contributed by atoms with Gasteiger partial charge in [0.25, 0.3) is 0 Å². The Kier molecular flexibility index (Phi) is 4.97. The Morgan fingerprint density at radius 3 is 2.96 bits per heavy atom. The lowest BCUT2D eigenvalue weighted by Gasteiger charge is -2.43. The Labute approximate surface area is 158 Å². The average Bonchev–Trinajstić information content (AvgIpc) is 3.21. The Hall–Kier alpha value is -2.63. The highest BCUT2D eigenvalue weighted by molar-refractivity contribution is 5.74. The van der Waals surface area contributed by atoms with E-state index in [1.165, 1.54) is 12.5 Å². The molecule has 1 N–H and O–H groups in total. The van der Waals surface area contributed by atoms with E-state index in [4.69, 9.17) is 0 Å². The topological polar surface area (TPSA) is 50.2 Å². The lowest BCUT2D eigenvalue weighted by molar-refractivity contribution is 0.0958. The first-order chi connectivity index (χ1) is 13.2. The highest BCUT2D eigenvalue weighted by Gasteiger charge is 2.36. The average molecular weight is 368 g/mol. The molecule has 0 unspecified atom stereocenters. The lowest BCUT2D eigenvalue weighted by Crippen LogP contribution is -2.49. The largest absolute Gasteiger partial charge is 0.334 e. The summed E-state index contributed by atoms with van der Waals surface area (Å²) in [6, 6.07) is 4.97. The number of likely N-dealkylation sites (tertiary alicyclic amines) is 1. The number of carbonyl (C=O) groups excluding carboxylic acids is 1. The number of hydrogen-bond donors (Lipinski definition) is 1. The fourth-order valence-electron chi connectivity index (χ4n) is 4.26. The number of rotatable bonds is 3. The van der Waals surface area contributed by atoms with E-state index in [2.05, 4.69) is 22.5 Å². The second-order valence-corrected chi connectivity index (χ2v) is 7.65. The molecule has 0 radical (unpaired) electrons. The molecule has 1 aromatic carbocycles. The van der Waals surface area contributed by atoms with Gasteiger partial charge >= 0.3 is 6.03 Å². The van der Waals surface area contributed by atoms with Crippen molar-refractivity contribution >= 4 is 6.03 Å². The minimum Gasteiger partial charge on any atom is -0.334 e. The highest BCUT2D eigenvalue weighted by Crippen LogP contribution is 2.40. The first-order valence-corrected chi connectivity index (χ1v) is 9.60. The molecule has 1 aliphatic heterocycles. The van der Waals surface area contributed by atoms with E-state index in [0.717, 1.165) is 44.3 Å². The molecule has 6 heteroatoms. The number of amides is 2. The van der Waals surface area contributed by atoms with Gasteiger partial charge in [0, 0.05) is 32.0 Å². The molecular weight excluding hydrogens is 343 g/mol. The molecular formula is C21H25FN4O. The van der Waals surface area contributed by atoms with Gasteiger partial charge in [-0.05, 0) is 55.2 Å². The van der Waals surface area contributed by atoms with Crippen LogP contribution >= 0.6 is 0 Å². The third-order valence-electron chi connectivity index (χ3n) is 5.75. The SMILES string of the molecule is O=C(NCc1ccc(-n2ccnc2)c(F)c1)N1CCC[C@@]2(CC=CCC2)C1. The van der Waals surface area contributed by atoms with E-state index in [9.17, 15) is 9.18 Å². The molecule has 0 saturated carbocycles. The predicted octanol–water partition coefficient (Wildman–Crippen LogP) is 4.04. The van der Waals surface area contributed by atoms with Gasteiger partial charge in [-0.2, -0.15) is 0 Å². The van der Waals surface area contributed by atoms with Crippen LogP contribution in [0.2, 0.25) is 0 Å². The van der Waals surface area contributed by atoms with Crippen LogP contribution in [0.3, 0.4) is 0 Å². The number of imidazole rings is 1. The molecule has 1 aliphatic carbocycles. The number of halogens is 1. The van der Waals surface area contributed by atoms with E-state index < -0.39 is 0 Å². The van der Waals surface area contributed by atoms with Crippen molar-refractivity contribution in [2.75, 3.05) is 13.1 Å². The second kappa shape index (κ2) is 7.55. The fraction of sp³-hybridized carbons (Fsp3) is 0.429. The van der Waals surface area contributed by atoms with Crippen LogP contribution in [0.1, 0.15) is 37.7 Å². The van der Waals surface area contributed by atoms with Gasteiger partial charge in [-0.3, -0.25) is 0 Å². The number of piperidine rings is 1. The fourth-order valence-corrected chi connectivity index (χ4v) is 4.26. The number of aromatic nitrogens is 2. The van der Waals surface area contributed by atoms with Gasteiger partial charge in [0.1, 0.15) is 5.82 Å². The molecule has 2 heterocycles. The van der Waals surface area contributed by atoms with Gasteiger partial charge in [0.15, 0.2) is 0 Å². The highest BCUT2D eigenvalue weighted by atomic mass is 19.1. The Morgan fingerprint density at radius 1 is 1.30 bits per heavy atom. The van der Waals surface area contributed by atoms with Gasteiger partial charge < -0.3 is 14.8 Å². The Balaban J connectivity index is 1.36. The van der Waals surface area contributed by atoms with Crippen LogP contribution in [-0.4, -0.2) is 33.6 Å². The zero-order chi connectivity index (χ0) is 18.7. The molecule has 2 aromatic rings. The summed E-state index contributed by atoms with van der Waals surface area (Å²) >= 11 is 0. The summed E-state index contributed by atoms with van der Waals surface area (Å²) in [6.07, 6.45) is 15.0. The van der Waals surface area contributed by atoms with Gasteiger partial charge in [-0.1, -0.05) is 18.2 Å². The number of nitrogens with zero attached hydrogens (tertiary/aromatic N) is 3. The zero-order valence-electron chi connectivity index (χ0n) is 15.4. The summed E-state index contributed by atoms with van der Waals surface area (Å²) in [5, 5.41) is 2.96. The summed E-state index contributed by atoms with van der Waals surface area (Å²) < 4.78 is 16.0. The number of hydrogen-bond acceptors (Lipinski definition) is 2. The normalized spacial score (nSPS) is 22.2. The van der Waals surface area contributed by atoms with Crippen molar-refractivity contribution < 1.29 is 9.18 Å². The summed E-state index contributed by atoms with van der Waals surface area (Å²) in [4.78, 5) is 18.5. The number of carbonyl (C=O) groups is 1. The summed E-state index contributed by atoms with van der Waals surface area (Å²) in [5.41, 5.74) is 1.45. The van der Waals surface area contributed by atoms with Crippen molar-refractivity contribution in [3.63, 3.8) is 0 Å². The third-order valence-corrected chi connectivity index (χ3v) is 5.75. The molecule has 2 aliphatic rings. The number of benzene rings is 1. The van der Waals surface area contributed by atoms with Gasteiger partial charge in [0.2, 0.25) is 0 Å². The minimum absolute atomic E-state index is 0.0530. The molecule has 2 amide bonds. The van der Waals surface area contributed by atoms with Crippen LogP contribution in [0.4, 0.5) is 9.18 Å². The maximum atomic E-state index is 14.4. The minimum atomic E-state index is -0.328. The van der Waals surface area contributed by atoms with Gasteiger partial charge in [0.05, 0.1) is 12.0 Å². The molecule has 27 heavy (non-hydrogen) atoms. The Morgan fingerprint density at radius 2 is 2.22 bits per heavy atom. The molecule has 1 saturated heterocycles. The maximum absolute atomic E-state index is 14.4. The number of urea groups is 1. The zero-order valence-corrected chi connectivity index (χ0v) is 15.4. The first kappa shape index (κ1) is 17.8. The van der Waals surface area contributed by atoms with Crippen molar-refractivity contribution in [3.05, 3.63) is 60.5 Å². The molecule has 1 atom stereocenters. The van der Waals surface area contributed by atoms with Crippen molar-refractivity contribution in [1.29, 1.82) is 0 Å². The Bertz CT molecular complexity index is 833. The molecule has 0 bridgehead atoms. The first-order valence-electron chi connectivity index (χ1n) is 9.60. The molecule has 1 spiro atoms. The molecule has 1 aromatic heterocycles. The van der Waals surface area contributed by atoms with E-state index in [0.29, 0.717) is 12.2 Å². The molecule has 142 valence electrons. The van der Waals surface area contributed by atoms with Crippen molar-refractivity contribution in [1.82, 2.24) is 19.8 Å². The molecule has 4 rings (SSSR count). The standard InChI is InChI=1S/C21H25FN4O/c22-18-13-17(5-6-19(18)26-12-10-23-16-26)14-24-20(27)25-11-4-9-21(15-25)7-2-1-3-8-21/h1-2,5-6,10,12-13,16H,3-4,7-9,11,14-15H2,(H,24,27)/t21-/m0/s1. The third kappa shape index (κ3) is 3.89. The van der Waals surface area contributed by atoms with Crippen molar-refractivity contribution in [2.45, 2.75) is 38.6 Å². The summed E-state index contributed by atoms with van der Waals surface area (Å²) in [5.74, 6) is -0.328. The molecule has 1 fully saturated rings. The summed E-state index contributed by atoms with van der Waals surface area (Å²) in [6.45, 7) is 1.94. The van der Waals surface area contributed by atoms with E-state index in [-0.39, 0.29) is 17.3 Å². The van der Waals surface area contributed by atoms with Crippen LogP contribution in [0.15, 0.2) is 49.1 Å². The van der Waals surface area contributed by atoms with Gasteiger partial charge in [-0.25, -0.2) is 14.2 Å². The molecule has 5 nitrogen and oxygen atoms in total. The number of nitrogens with one attached hydrogen (secondary N) is 1. The monoisotopic (exact) mass is 368 g/mol.